The lowest BCUT2D eigenvalue weighted by molar-refractivity contribution is 1.33. The van der Waals surface area contributed by atoms with Gasteiger partial charge in [0.1, 0.15) is 0 Å². The summed E-state index contributed by atoms with van der Waals surface area (Å²) in [5.41, 5.74) is 6.44. The van der Waals surface area contributed by atoms with Crippen molar-refractivity contribution in [2.45, 2.75) is 9.79 Å². The molecule has 1 nitrogen and oxygen atoms in total. The summed E-state index contributed by atoms with van der Waals surface area (Å²) in [5.74, 6) is 0. The van der Waals surface area contributed by atoms with E-state index in [0.29, 0.717) is 0 Å². The molecule has 3 heteroatoms. The fourth-order valence-corrected chi connectivity index (χ4v) is 1.79. The van der Waals surface area contributed by atoms with Gasteiger partial charge in [-0.2, -0.15) is 0 Å². The molecule has 2 N–H and O–H groups in total. The molecule has 0 heterocycles. The number of nitrogens with two attached hydrogens (primary N) is 1. The van der Waals surface area contributed by atoms with Gasteiger partial charge < -0.3 is 5.73 Å². The first-order chi connectivity index (χ1) is 6.18. The van der Waals surface area contributed by atoms with Crippen molar-refractivity contribution in [1.82, 2.24) is 0 Å². The van der Waals surface area contributed by atoms with Crippen LogP contribution < -0.4 is 5.73 Å². The van der Waals surface area contributed by atoms with Gasteiger partial charge in [0, 0.05) is 15.5 Å². The molecule has 13 heavy (non-hydrogen) atoms. The molecular formula is C10H9NS2. The third-order valence-electron chi connectivity index (χ3n) is 1.99. The molecule has 0 aliphatic heterocycles. The van der Waals surface area contributed by atoms with Crippen LogP contribution in [0.5, 0.6) is 0 Å². The highest BCUT2D eigenvalue weighted by Gasteiger charge is 2.00. The van der Waals surface area contributed by atoms with Gasteiger partial charge in [-0.15, -0.1) is 25.3 Å². The van der Waals surface area contributed by atoms with Crippen LogP contribution in [-0.4, -0.2) is 0 Å². The van der Waals surface area contributed by atoms with Crippen LogP contribution in [0.1, 0.15) is 0 Å². The van der Waals surface area contributed by atoms with E-state index in [4.69, 9.17) is 5.73 Å². The number of rotatable bonds is 0. The Balaban J connectivity index is 2.87. The molecule has 2 aromatic rings. The minimum atomic E-state index is 0.771. The maximum Gasteiger partial charge on any atom is 0.0320 e. The molecule has 0 unspecified atom stereocenters. The molecule has 0 bridgehead atoms. The van der Waals surface area contributed by atoms with E-state index < -0.39 is 0 Å². The van der Waals surface area contributed by atoms with Crippen molar-refractivity contribution in [3.63, 3.8) is 0 Å². The fourth-order valence-electron chi connectivity index (χ4n) is 1.32. The number of nitrogen functional groups attached to an aromatic ring is 1. The van der Waals surface area contributed by atoms with E-state index in [1.807, 2.05) is 30.3 Å². The number of hydrogen-bond acceptors (Lipinski definition) is 3. The largest absolute Gasteiger partial charge is 0.399 e. The maximum absolute atomic E-state index is 5.67. The van der Waals surface area contributed by atoms with Crippen LogP contribution in [0, 0.1) is 0 Å². The maximum atomic E-state index is 5.67. The molecular weight excluding hydrogens is 198 g/mol. The highest BCUT2D eigenvalue weighted by atomic mass is 32.1. The highest BCUT2D eigenvalue weighted by Crippen LogP contribution is 2.28. The fraction of sp³-hybridized carbons (Fsp3) is 0. The molecule has 0 saturated carbocycles. The van der Waals surface area contributed by atoms with Crippen molar-refractivity contribution in [2.24, 2.45) is 0 Å². The summed E-state index contributed by atoms with van der Waals surface area (Å²) in [6.07, 6.45) is 0. The van der Waals surface area contributed by atoms with Crippen LogP contribution in [0.3, 0.4) is 0 Å². The lowest BCUT2D eigenvalue weighted by atomic mass is 10.1. The molecule has 2 aromatic carbocycles. The predicted octanol–water partition coefficient (Wildman–Crippen LogP) is 3.00. The zero-order valence-corrected chi connectivity index (χ0v) is 8.65. The minimum absolute atomic E-state index is 0.771. The van der Waals surface area contributed by atoms with Crippen molar-refractivity contribution >= 4 is 41.7 Å². The quantitative estimate of drug-likeness (QED) is 0.449. The van der Waals surface area contributed by atoms with Gasteiger partial charge in [-0.25, -0.2) is 0 Å². The lowest BCUT2D eigenvalue weighted by Gasteiger charge is -2.04. The van der Waals surface area contributed by atoms with Gasteiger partial charge in [0.25, 0.3) is 0 Å². The van der Waals surface area contributed by atoms with E-state index in [1.165, 1.54) is 0 Å². The Morgan fingerprint density at radius 1 is 1.00 bits per heavy atom. The number of hydrogen-bond donors (Lipinski definition) is 3. The van der Waals surface area contributed by atoms with Crippen LogP contribution >= 0.6 is 25.3 Å². The standard InChI is InChI=1S/C10H9NS2/c11-7-2-3-8-6(5-7)1-4-9(12)10(8)13/h1-5,12-13H,11H2. The SMILES string of the molecule is Nc1ccc2c(S)c(S)ccc2c1. The van der Waals surface area contributed by atoms with Crippen LogP contribution in [0.2, 0.25) is 0 Å². The van der Waals surface area contributed by atoms with E-state index in [0.717, 1.165) is 26.3 Å². The van der Waals surface area contributed by atoms with E-state index in [1.54, 1.807) is 0 Å². The van der Waals surface area contributed by atoms with Crippen LogP contribution in [-0.2, 0) is 0 Å². The molecule has 0 radical (unpaired) electrons. The lowest BCUT2D eigenvalue weighted by Crippen LogP contribution is -1.84. The molecule has 0 aliphatic rings. The Hall–Kier alpha value is -0.800. The summed E-state index contributed by atoms with van der Waals surface area (Å²) in [4.78, 5) is 1.79. The zero-order valence-electron chi connectivity index (χ0n) is 6.86. The summed E-state index contributed by atoms with van der Waals surface area (Å²) in [7, 11) is 0. The van der Waals surface area contributed by atoms with E-state index in [9.17, 15) is 0 Å². The average Bonchev–Trinajstić information content (AvgIpc) is 2.12. The summed E-state index contributed by atoms with van der Waals surface area (Å²) in [5, 5.41) is 2.19. The number of fused-ring (bicyclic) bond motifs is 1. The number of benzene rings is 2. The topological polar surface area (TPSA) is 26.0 Å². The molecule has 0 amide bonds. The first-order valence-corrected chi connectivity index (χ1v) is 4.78. The zero-order chi connectivity index (χ0) is 9.42. The summed E-state index contributed by atoms with van der Waals surface area (Å²) < 4.78 is 0. The van der Waals surface area contributed by atoms with Gasteiger partial charge in [-0.05, 0) is 29.0 Å². The van der Waals surface area contributed by atoms with Crippen molar-refractivity contribution in [1.29, 1.82) is 0 Å². The van der Waals surface area contributed by atoms with Gasteiger partial charge in [-0.3, -0.25) is 0 Å². The monoisotopic (exact) mass is 207 g/mol. The average molecular weight is 207 g/mol. The Bertz CT molecular complexity index is 466. The van der Waals surface area contributed by atoms with Gasteiger partial charge >= 0.3 is 0 Å². The van der Waals surface area contributed by atoms with Gasteiger partial charge in [-0.1, -0.05) is 12.1 Å². The van der Waals surface area contributed by atoms with Gasteiger partial charge in [0.2, 0.25) is 0 Å². The second-order valence-electron chi connectivity index (χ2n) is 2.91. The van der Waals surface area contributed by atoms with E-state index in [-0.39, 0.29) is 0 Å². The first-order valence-electron chi connectivity index (χ1n) is 3.88. The molecule has 2 rings (SSSR count). The molecule has 66 valence electrons. The van der Waals surface area contributed by atoms with Crippen LogP contribution in [0.15, 0.2) is 40.1 Å². The second-order valence-corrected chi connectivity index (χ2v) is 3.84. The third kappa shape index (κ3) is 1.49. The molecule has 0 aliphatic carbocycles. The van der Waals surface area contributed by atoms with E-state index in [2.05, 4.69) is 25.3 Å². The molecule has 0 fully saturated rings. The van der Waals surface area contributed by atoms with Crippen LogP contribution in [0.25, 0.3) is 10.8 Å². The summed E-state index contributed by atoms with van der Waals surface area (Å²) in [6, 6.07) is 9.69. The summed E-state index contributed by atoms with van der Waals surface area (Å²) in [6.45, 7) is 0. The van der Waals surface area contributed by atoms with Gasteiger partial charge in [0.15, 0.2) is 0 Å². The second kappa shape index (κ2) is 3.16. The number of anilines is 1. The third-order valence-corrected chi connectivity index (χ3v) is 3.03. The first kappa shape index (κ1) is 8.78. The highest BCUT2D eigenvalue weighted by molar-refractivity contribution is 7.83. The van der Waals surface area contributed by atoms with Crippen molar-refractivity contribution in [2.75, 3.05) is 5.73 Å². The molecule has 0 aromatic heterocycles. The van der Waals surface area contributed by atoms with Crippen LogP contribution in [0.4, 0.5) is 5.69 Å². The van der Waals surface area contributed by atoms with E-state index >= 15 is 0 Å². The minimum Gasteiger partial charge on any atom is -0.399 e. The molecule has 0 atom stereocenters. The van der Waals surface area contributed by atoms with Crippen molar-refractivity contribution < 1.29 is 0 Å². The smallest absolute Gasteiger partial charge is 0.0320 e. The normalized spacial score (nSPS) is 10.6. The van der Waals surface area contributed by atoms with Crippen molar-refractivity contribution in [3.05, 3.63) is 30.3 Å². The predicted molar refractivity (Wildman–Crippen MR) is 62.9 cm³/mol. The summed E-state index contributed by atoms with van der Waals surface area (Å²) >= 11 is 8.67. The Kier molecular flexibility index (Phi) is 2.14. The molecule has 0 spiro atoms. The molecule has 0 saturated heterocycles. The number of thiol groups is 2. The van der Waals surface area contributed by atoms with Crippen molar-refractivity contribution in [3.8, 4) is 0 Å². The Morgan fingerprint density at radius 2 is 1.77 bits per heavy atom. The Labute approximate surface area is 87.8 Å². The van der Waals surface area contributed by atoms with Gasteiger partial charge in [0.05, 0.1) is 0 Å². The Morgan fingerprint density at radius 3 is 2.54 bits per heavy atom.